The Hall–Kier alpha value is -4.29. The number of carbonyl (C=O) groups excluding carboxylic acids is 1. The number of carbonyl (C=O) groups is 1. The van der Waals surface area contributed by atoms with E-state index in [1.165, 1.54) is 0 Å². The Bertz CT molecular complexity index is 2050. The molecule has 0 amide bonds. The van der Waals surface area contributed by atoms with Gasteiger partial charge in [0.2, 0.25) is 0 Å². The molecule has 200 valence electrons. The first kappa shape index (κ1) is 24.5. The third kappa shape index (κ3) is 3.70. The smallest absolute Gasteiger partial charge is 0.193 e. The van der Waals surface area contributed by atoms with Crippen molar-refractivity contribution in [1.82, 2.24) is 9.97 Å². The number of rotatable bonds is 2. The van der Waals surface area contributed by atoms with Crippen molar-refractivity contribution < 1.29 is 14.3 Å². The van der Waals surface area contributed by atoms with Gasteiger partial charge in [-0.2, -0.15) is 0 Å². The average Bonchev–Trinajstić information content (AvgIpc) is 2.99. The molecule has 2 unspecified atom stereocenters. The van der Waals surface area contributed by atoms with Gasteiger partial charge in [-0.05, 0) is 50.2 Å². The largest absolute Gasteiger partial charge is 0.493 e. The molecule has 0 radical (unpaired) electrons. The van der Waals surface area contributed by atoms with Gasteiger partial charge in [0.1, 0.15) is 17.1 Å². The highest BCUT2D eigenvalue weighted by molar-refractivity contribution is 9.10. The quantitative estimate of drug-likeness (QED) is 0.114. The molecule has 0 spiro atoms. The Labute approximate surface area is 245 Å². The summed E-state index contributed by atoms with van der Waals surface area (Å²) >= 11 is 3.69. The van der Waals surface area contributed by atoms with Crippen LogP contribution in [0, 0.1) is 5.92 Å². The maximum absolute atomic E-state index is 13.3. The van der Waals surface area contributed by atoms with Crippen LogP contribution in [0.5, 0.6) is 11.5 Å². The number of benzene rings is 5. The first-order valence-corrected chi connectivity index (χ1v) is 14.6. The van der Waals surface area contributed by atoms with Crippen molar-refractivity contribution in [3.8, 4) is 11.5 Å². The number of hydrogen-bond donors (Lipinski definition) is 0. The van der Waals surface area contributed by atoms with Gasteiger partial charge >= 0.3 is 0 Å². The SMILES string of the molecule is CC1(C)Oc2c(c3nc4cc(C(=O)c5ccccc5)ccc4nc3c3ccccc23)C2c3cc(Br)ccc3OCC21. The number of aromatic nitrogens is 2. The highest BCUT2D eigenvalue weighted by Gasteiger charge is 2.49. The highest BCUT2D eigenvalue weighted by atomic mass is 79.9. The van der Waals surface area contributed by atoms with Gasteiger partial charge < -0.3 is 9.47 Å². The summed E-state index contributed by atoms with van der Waals surface area (Å²) < 4.78 is 14.1. The number of ether oxygens (including phenoxy) is 2. The second-order valence-electron chi connectivity index (χ2n) is 11.4. The molecule has 5 aromatic carbocycles. The van der Waals surface area contributed by atoms with E-state index < -0.39 is 5.60 Å². The van der Waals surface area contributed by atoms with E-state index in [4.69, 9.17) is 19.4 Å². The topological polar surface area (TPSA) is 61.3 Å². The normalized spacial score (nSPS) is 18.7. The molecule has 0 saturated carbocycles. The first-order chi connectivity index (χ1) is 19.9. The lowest BCUT2D eigenvalue weighted by Gasteiger charge is -2.48. The van der Waals surface area contributed by atoms with Crippen molar-refractivity contribution in [2.24, 2.45) is 5.92 Å². The molecule has 41 heavy (non-hydrogen) atoms. The Morgan fingerprint density at radius 3 is 2.41 bits per heavy atom. The Morgan fingerprint density at radius 1 is 0.829 bits per heavy atom. The van der Waals surface area contributed by atoms with Crippen molar-refractivity contribution in [2.45, 2.75) is 25.4 Å². The fourth-order valence-electron chi connectivity index (χ4n) is 6.55. The number of hydrogen-bond acceptors (Lipinski definition) is 5. The lowest BCUT2D eigenvalue weighted by molar-refractivity contribution is -0.0118. The molecular formula is C35H25BrN2O3. The lowest BCUT2D eigenvalue weighted by atomic mass is 9.69. The van der Waals surface area contributed by atoms with E-state index in [9.17, 15) is 4.79 Å². The molecule has 0 aliphatic carbocycles. The van der Waals surface area contributed by atoms with Gasteiger partial charge in [-0.15, -0.1) is 0 Å². The summed E-state index contributed by atoms with van der Waals surface area (Å²) in [5.41, 5.74) is 5.95. The van der Waals surface area contributed by atoms with Gasteiger partial charge in [0.05, 0.1) is 28.7 Å². The van der Waals surface area contributed by atoms with Gasteiger partial charge in [0.15, 0.2) is 5.78 Å². The van der Waals surface area contributed by atoms with E-state index in [2.05, 4.69) is 48.0 Å². The molecule has 8 rings (SSSR count). The standard InChI is InChI=1S/C35H25BrN2O3/c1-35(2)25-18-40-28-15-13-21(36)17-24(28)29(25)30-32-31(22-10-6-7-11-23(22)34(30)41-35)37-26-14-12-20(16-27(26)38-32)33(39)19-8-4-3-5-9-19/h3-17,25,29H,18H2,1-2H3. The maximum Gasteiger partial charge on any atom is 0.193 e. The average molecular weight is 602 g/mol. The minimum Gasteiger partial charge on any atom is -0.493 e. The monoisotopic (exact) mass is 600 g/mol. The van der Waals surface area contributed by atoms with Crippen molar-refractivity contribution in [3.05, 3.63) is 118 Å². The molecule has 6 aromatic rings. The summed E-state index contributed by atoms with van der Waals surface area (Å²) in [5.74, 6) is 1.73. The molecule has 2 aliphatic rings. The van der Waals surface area contributed by atoms with Crippen molar-refractivity contribution in [2.75, 3.05) is 6.61 Å². The highest BCUT2D eigenvalue weighted by Crippen LogP contribution is 2.56. The first-order valence-electron chi connectivity index (χ1n) is 13.8. The Morgan fingerprint density at radius 2 is 1.59 bits per heavy atom. The van der Waals surface area contributed by atoms with Crippen molar-refractivity contribution in [3.63, 3.8) is 0 Å². The minimum atomic E-state index is -0.479. The zero-order chi connectivity index (χ0) is 27.9. The van der Waals surface area contributed by atoms with Gasteiger partial charge in [0.25, 0.3) is 0 Å². The van der Waals surface area contributed by atoms with Crippen LogP contribution in [0.1, 0.15) is 46.8 Å². The van der Waals surface area contributed by atoms with Crippen LogP contribution < -0.4 is 9.47 Å². The molecular weight excluding hydrogens is 576 g/mol. The molecule has 0 N–H and O–H groups in total. The molecule has 2 aliphatic heterocycles. The summed E-state index contributed by atoms with van der Waals surface area (Å²) in [5, 5.41) is 2.02. The van der Waals surface area contributed by atoms with Gasteiger partial charge in [0, 0.05) is 49.3 Å². The van der Waals surface area contributed by atoms with E-state index in [0.29, 0.717) is 23.3 Å². The summed E-state index contributed by atoms with van der Waals surface area (Å²) in [6, 6.07) is 29.4. The lowest BCUT2D eigenvalue weighted by Crippen LogP contribution is -2.49. The van der Waals surface area contributed by atoms with Crippen LogP contribution in [0.4, 0.5) is 0 Å². The van der Waals surface area contributed by atoms with Gasteiger partial charge in [-0.3, -0.25) is 4.79 Å². The zero-order valence-corrected chi connectivity index (χ0v) is 24.1. The van der Waals surface area contributed by atoms with Crippen LogP contribution in [0.15, 0.2) is 95.5 Å². The van der Waals surface area contributed by atoms with Crippen LogP contribution in [0.3, 0.4) is 0 Å². The molecule has 1 aromatic heterocycles. The number of halogens is 1. The van der Waals surface area contributed by atoms with Gasteiger partial charge in [-0.1, -0.05) is 70.5 Å². The third-order valence-electron chi connectivity index (χ3n) is 8.59. The molecule has 0 saturated heterocycles. The van der Waals surface area contributed by atoms with E-state index >= 15 is 0 Å². The minimum absolute atomic E-state index is 0.0111. The molecule has 0 fully saturated rings. The van der Waals surface area contributed by atoms with Crippen LogP contribution in [0.2, 0.25) is 0 Å². The van der Waals surface area contributed by atoms with E-state index in [1.807, 2.05) is 72.8 Å². The number of nitrogens with zero attached hydrogens (tertiary/aromatic N) is 2. The summed E-state index contributed by atoms with van der Waals surface area (Å²) in [6.45, 7) is 4.83. The predicted octanol–water partition coefficient (Wildman–Crippen LogP) is 8.24. The maximum atomic E-state index is 13.3. The van der Waals surface area contributed by atoms with Crippen LogP contribution in [-0.2, 0) is 0 Å². The summed E-state index contributed by atoms with van der Waals surface area (Å²) in [4.78, 5) is 23.7. The van der Waals surface area contributed by atoms with Gasteiger partial charge in [-0.25, -0.2) is 9.97 Å². The Kier molecular flexibility index (Phi) is 5.29. The fraction of sp³-hybridized carbons (Fsp3) is 0.171. The molecule has 6 heteroatoms. The second-order valence-corrected chi connectivity index (χ2v) is 12.3. The zero-order valence-electron chi connectivity index (χ0n) is 22.5. The number of ketones is 1. The van der Waals surface area contributed by atoms with Crippen molar-refractivity contribution in [1.29, 1.82) is 0 Å². The number of fused-ring (bicyclic) bond motifs is 11. The molecule has 0 bridgehead atoms. The van der Waals surface area contributed by atoms with Crippen LogP contribution in [-0.4, -0.2) is 28.0 Å². The fourth-order valence-corrected chi connectivity index (χ4v) is 6.93. The van der Waals surface area contributed by atoms with Crippen LogP contribution in [0.25, 0.3) is 32.8 Å². The Balaban J connectivity index is 1.45. The second kappa shape index (κ2) is 8.85. The molecule has 3 heterocycles. The predicted molar refractivity (Wildman–Crippen MR) is 164 cm³/mol. The van der Waals surface area contributed by atoms with Crippen LogP contribution >= 0.6 is 15.9 Å². The van der Waals surface area contributed by atoms with E-state index in [-0.39, 0.29) is 17.6 Å². The third-order valence-corrected chi connectivity index (χ3v) is 9.08. The summed E-state index contributed by atoms with van der Waals surface area (Å²) in [7, 11) is 0. The molecule has 5 nitrogen and oxygen atoms in total. The molecule has 2 atom stereocenters. The van der Waals surface area contributed by atoms with E-state index in [0.717, 1.165) is 54.4 Å². The summed E-state index contributed by atoms with van der Waals surface area (Å²) in [6.07, 6.45) is 0. The van der Waals surface area contributed by atoms with Crippen molar-refractivity contribution >= 4 is 54.6 Å². The van der Waals surface area contributed by atoms with E-state index in [1.54, 1.807) is 0 Å².